The van der Waals surface area contributed by atoms with Gasteiger partial charge >= 0.3 is 5.97 Å². The molecule has 0 aromatic heterocycles. The van der Waals surface area contributed by atoms with E-state index in [-0.39, 0.29) is 0 Å². The number of hydrogen-bond donors (Lipinski definition) is 2. The van der Waals surface area contributed by atoms with Gasteiger partial charge in [0.25, 0.3) is 0 Å². The highest BCUT2D eigenvalue weighted by Crippen LogP contribution is 2.43. The predicted molar refractivity (Wildman–Crippen MR) is 58.4 cm³/mol. The normalized spacial score (nSPS) is 23.9. The van der Waals surface area contributed by atoms with Crippen molar-refractivity contribution >= 4 is 17.7 Å². The molecule has 1 aliphatic heterocycles. The maximum Gasteiger partial charge on any atom is 0.335 e. The summed E-state index contributed by atoms with van der Waals surface area (Å²) in [7, 11) is 0. The van der Waals surface area contributed by atoms with Gasteiger partial charge in [-0.2, -0.15) is 0 Å². The molecule has 1 atom stereocenters. The number of fused-ring (bicyclic) bond motifs is 1. The minimum absolute atomic E-state index is 0.318. The molecular formula is C11H12O3S. The predicted octanol–water partition coefficient (Wildman–Crippen LogP) is 2.01. The number of thioether (sulfide) groups is 1. The largest absolute Gasteiger partial charge is 0.478 e. The summed E-state index contributed by atoms with van der Waals surface area (Å²) in [6.45, 7) is 3.51. The number of rotatable bonds is 1. The first-order valence-electron chi connectivity index (χ1n) is 4.65. The summed E-state index contributed by atoms with van der Waals surface area (Å²) in [5, 5.41) is 19.0. The molecule has 15 heavy (non-hydrogen) atoms. The van der Waals surface area contributed by atoms with Gasteiger partial charge in [-0.1, -0.05) is 6.07 Å². The average molecular weight is 224 g/mol. The molecule has 1 heterocycles. The van der Waals surface area contributed by atoms with E-state index < -0.39 is 11.6 Å². The van der Waals surface area contributed by atoms with Crippen molar-refractivity contribution in [1.29, 1.82) is 0 Å². The van der Waals surface area contributed by atoms with Gasteiger partial charge in [-0.15, -0.1) is 11.8 Å². The van der Waals surface area contributed by atoms with E-state index in [0.717, 1.165) is 10.5 Å². The van der Waals surface area contributed by atoms with E-state index in [2.05, 4.69) is 0 Å². The van der Waals surface area contributed by atoms with Gasteiger partial charge in [0, 0.05) is 10.6 Å². The SMILES string of the molecule is Cc1cc2c(cc1C(=O)O)SCC2(C)O. The molecular weight excluding hydrogens is 212 g/mol. The van der Waals surface area contributed by atoms with Gasteiger partial charge in [0.2, 0.25) is 0 Å². The molecule has 0 radical (unpaired) electrons. The first kappa shape index (κ1) is 10.5. The first-order valence-corrected chi connectivity index (χ1v) is 5.64. The van der Waals surface area contributed by atoms with E-state index in [1.165, 1.54) is 11.8 Å². The van der Waals surface area contributed by atoms with Gasteiger partial charge in [0.15, 0.2) is 0 Å². The maximum absolute atomic E-state index is 10.9. The Morgan fingerprint density at radius 3 is 2.80 bits per heavy atom. The van der Waals surface area contributed by atoms with Gasteiger partial charge in [-0.25, -0.2) is 4.79 Å². The smallest absolute Gasteiger partial charge is 0.335 e. The lowest BCUT2D eigenvalue weighted by molar-refractivity contribution is 0.0692. The summed E-state index contributed by atoms with van der Waals surface area (Å²) in [5.41, 5.74) is 1.03. The number of hydrogen-bond acceptors (Lipinski definition) is 3. The molecule has 0 spiro atoms. The summed E-state index contributed by atoms with van der Waals surface area (Å²) in [6, 6.07) is 3.43. The molecule has 1 unspecified atom stereocenters. The molecule has 2 rings (SSSR count). The molecule has 0 bridgehead atoms. The molecule has 0 saturated heterocycles. The summed E-state index contributed by atoms with van der Waals surface area (Å²) < 4.78 is 0. The van der Waals surface area contributed by atoms with Crippen LogP contribution in [0.1, 0.15) is 28.4 Å². The van der Waals surface area contributed by atoms with Crippen LogP contribution in [0.15, 0.2) is 17.0 Å². The number of carbonyl (C=O) groups is 1. The van der Waals surface area contributed by atoms with Crippen LogP contribution in [0.4, 0.5) is 0 Å². The van der Waals surface area contributed by atoms with Gasteiger partial charge in [-0.05, 0) is 31.0 Å². The van der Waals surface area contributed by atoms with Crippen molar-refractivity contribution in [3.63, 3.8) is 0 Å². The third-order valence-electron chi connectivity index (χ3n) is 2.65. The Kier molecular flexibility index (Phi) is 2.28. The van der Waals surface area contributed by atoms with E-state index in [4.69, 9.17) is 5.11 Å². The number of aryl methyl sites for hydroxylation is 1. The summed E-state index contributed by atoms with van der Waals surface area (Å²) in [6.07, 6.45) is 0. The lowest BCUT2D eigenvalue weighted by atomic mass is 9.94. The quantitative estimate of drug-likeness (QED) is 0.766. The molecule has 1 aromatic rings. The number of aliphatic hydroxyl groups is 1. The van der Waals surface area contributed by atoms with Crippen molar-refractivity contribution in [2.75, 3.05) is 5.75 Å². The van der Waals surface area contributed by atoms with Crippen LogP contribution in [0.3, 0.4) is 0 Å². The Hall–Kier alpha value is -1.00. The summed E-state index contributed by atoms with van der Waals surface area (Å²) >= 11 is 1.50. The molecule has 3 nitrogen and oxygen atoms in total. The van der Waals surface area contributed by atoms with Gasteiger partial charge in [0.1, 0.15) is 0 Å². The third-order valence-corrected chi connectivity index (χ3v) is 4.00. The second kappa shape index (κ2) is 3.25. The van der Waals surface area contributed by atoms with Crippen molar-refractivity contribution in [3.05, 3.63) is 28.8 Å². The number of aromatic carboxylic acids is 1. The van der Waals surface area contributed by atoms with Crippen molar-refractivity contribution in [2.24, 2.45) is 0 Å². The van der Waals surface area contributed by atoms with Crippen LogP contribution in [-0.4, -0.2) is 21.9 Å². The Bertz CT molecular complexity index is 438. The lowest BCUT2D eigenvalue weighted by Crippen LogP contribution is -2.20. The zero-order valence-corrected chi connectivity index (χ0v) is 9.39. The standard InChI is InChI=1S/C11H12O3S/c1-6-3-8-9(4-7(6)10(12)13)15-5-11(8,2)14/h3-4,14H,5H2,1-2H3,(H,12,13). The highest BCUT2D eigenvalue weighted by molar-refractivity contribution is 7.99. The molecule has 0 aliphatic carbocycles. The zero-order chi connectivity index (χ0) is 11.2. The van der Waals surface area contributed by atoms with Crippen molar-refractivity contribution in [3.8, 4) is 0 Å². The van der Waals surface area contributed by atoms with Crippen LogP contribution < -0.4 is 0 Å². The van der Waals surface area contributed by atoms with E-state index in [1.807, 2.05) is 0 Å². The third kappa shape index (κ3) is 1.64. The highest BCUT2D eigenvalue weighted by atomic mass is 32.2. The topological polar surface area (TPSA) is 57.5 Å². The molecule has 2 N–H and O–H groups in total. The van der Waals surface area contributed by atoms with Crippen molar-refractivity contribution < 1.29 is 15.0 Å². The van der Waals surface area contributed by atoms with Crippen molar-refractivity contribution in [2.45, 2.75) is 24.3 Å². The number of benzene rings is 1. The second-order valence-electron chi connectivity index (χ2n) is 4.03. The Labute approximate surface area is 92.1 Å². The van der Waals surface area contributed by atoms with Crippen LogP contribution in [0.25, 0.3) is 0 Å². The minimum atomic E-state index is -0.914. The van der Waals surface area contributed by atoms with Crippen LogP contribution in [0.5, 0.6) is 0 Å². The highest BCUT2D eigenvalue weighted by Gasteiger charge is 2.33. The number of carboxylic acids is 1. The van der Waals surface area contributed by atoms with E-state index >= 15 is 0 Å². The Morgan fingerprint density at radius 2 is 2.20 bits per heavy atom. The van der Waals surface area contributed by atoms with Crippen LogP contribution in [0.2, 0.25) is 0 Å². The zero-order valence-electron chi connectivity index (χ0n) is 8.57. The molecule has 1 aromatic carbocycles. The first-order chi connectivity index (χ1) is 6.92. The van der Waals surface area contributed by atoms with E-state index in [9.17, 15) is 9.90 Å². The van der Waals surface area contributed by atoms with Gasteiger partial charge in [-0.3, -0.25) is 0 Å². The van der Waals surface area contributed by atoms with E-state index in [1.54, 1.807) is 26.0 Å². The van der Waals surface area contributed by atoms with Crippen LogP contribution in [0, 0.1) is 6.92 Å². The van der Waals surface area contributed by atoms with Crippen LogP contribution in [-0.2, 0) is 5.60 Å². The second-order valence-corrected chi connectivity index (χ2v) is 5.05. The lowest BCUT2D eigenvalue weighted by Gasteiger charge is -2.17. The molecule has 0 fully saturated rings. The monoisotopic (exact) mass is 224 g/mol. The summed E-state index contributed by atoms with van der Waals surface area (Å²) in [5.74, 6) is -0.326. The number of carboxylic acid groups (broad SMARTS) is 1. The van der Waals surface area contributed by atoms with Crippen molar-refractivity contribution in [1.82, 2.24) is 0 Å². The average Bonchev–Trinajstić information content (AvgIpc) is 2.41. The molecule has 4 heteroatoms. The maximum atomic E-state index is 10.9. The fourth-order valence-electron chi connectivity index (χ4n) is 1.75. The molecule has 0 saturated carbocycles. The fourth-order valence-corrected chi connectivity index (χ4v) is 2.98. The molecule has 1 aliphatic rings. The molecule has 0 amide bonds. The van der Waals surface area contributed by atoms with Crippen LogP contribution >= 0.6 is 11.8 Å². The van der Waals surface area contributed by atoms with E-state index in [0.29, 0.717) is 16.9 Å². The fraction of sp³-hybridized carbons (Fsp3) is 0.364. The Morgan fingerprint density at radius 1 is 1.53 bits per heavy atom. The Balaban J connectivity index is 2.60. The minimum Gasteiger partial charge on any atom is -0.478 e. The van der Waals surface area contributed by atoms with Gasteiger partial charge < -0.3 is 10.2 Å². The van der Waals surface area contributed by atoms with Gasteiger partial charge in [0.05, 0.1) is 11.2 Å². The summed E-state index contributed by atoms with van der Waals surface area (Å²) in [4.78, 5) is 11.8. The molecule has 80 valence electrons.